The van der Waals surface area contributed by atoms with Gasteiger partial charge in [-0.25, -0.2) is 9.97 Å². The van der Waals surface area contributed by atoms with Gasteiger partial charge in [0.1, 0.15) is 5.82 Å². The molecule has 1 amide bonds. The third-order valence-corrected chi connectivity index (χ3v) is 7.59. The van der Waals surface area contributed by atoms with Crippen LogP contribution in [0.4, 0.5) is 5.82 Å². The van der Waals surface area contributed by atoms with E-state index in [1.807, 2.05) is 31.4 Å². The summed E-state index contributed by atoms with van der Waals surface area (Å²) in [5.41, 5.74) is 2.83. The number of hydrogen-bond donors (Lipinski definition) is 1. The number of carbonyl (C=O) groups is 1. The molecule has 8 nitrogen and oxygen atoms in total. The molecule has 3 aromatic heterocycles. The van der Waals surface area contributed by atoms with Gasteiger partial charge in [-0.1, -0.05) is 0 Å². The average Bonchev–Trinajstić information content (AvgIpc) is 3.16. The van der Waals surface area contributed by atoms with Crippen LogP contribution in [0, 0.1) is 10.8 Å². The van der Waals surface area contributed by atoms with E-state index in [2.05, 4.69) is 32.2 Å². The lowest BCUT2D eigenvalue weighted by Crippen LogP contribution is -2.70. The Bertz CT molecular complexity index is 1170. The minimum Gasteiger partial charge on any atom is -0.310 e. The fourth-order valence-electron chi connectivity index (χ4n) is 5.93. The van der Waals surface area contributed by atoms with Gasteiger partial charge in [0.25, 0.3) is 0 Å². The molecule has 0 unspecified atom stereocenters. The first kappa shape index (κ1) is 19.8. The topological polar surface area (TPSA) is 79.2 Å². The van der Waals surface area contributed by atoms with Gasteiger partial charge in [-0.2, -0.15) is 5.10 Å². The molecule has 1 N–H and O–H groups in total. The van der Waals surface area contributed by atoms with Crippen LogP contribution in [0.5, 0.6) is 0 Å². The van der Waals surface area contributed by atoms with E-state index in [0.717, 1.165) is 74.1 Å². The highest BCUT2D eigenvalue weighted by Gasteiger charge is 2.71. The number of aromatic nitrogens is 4. The number of piperazine rings is 1. The number of likely N-dealkylation sites (N-methyl/N-ethyl adjacent to an activating group) is 1. The Kier molecular flexibility index (Phi) is 4.39. The second kappa shape index (κ2) is 7.08. The van der Waals surface area contributed by atoms with Crippen LogP contribution in [0.1, 0.15) is 19.3 Å². The zero-order valence-corrected chi connectivity index (χ0v) is 18.7. The van der Waals surface area contributed by atoms with E-state index in [1.165, 1.54) is 0 Å². The second-order valence-electron chi connectivity index (χ2n) is 10.2. The van der Waals surface area contributed by atoms with Crippen molar-refractivity contribution < 1.29 is 4.79 Å². The number of aryl methyl sites for hydroxylation is 1. The lowest BCUT2D eigenvalue weighted by molar-refractivity contribution is -0.210. The Labute approximate surface area is 187 Å². The number of carbonyl (C=O) groups excluding carboxylic acids is 1. The summed E-state index contributed by atoms with van der Waals surface area (Å²) in [4.78, 5) is 27.2. The number of fused-ring (bicyclic) bond motifs is 1. The van der Waals surface area contributed by atoms with E-state index in [-0.39, 0.29) is 11.3 Å². The van der Waals surface area contributed by atoms with Crippen molar-refractivity contribution in [2.24, 2.45) is 17.9 Å². The summed E-state index contributed by atoms with van der Waals surface area (Å²) in [7, 11) is 4.08. The predicted octanol–water partition coefficient (Wildman–Crippen LogP) is 2.39. The number of nitrogens with one attached hydrogen (secondary N) is 1. The van der Waals surface area contributed by atoms with Gasteiger partial charge in [-0.15, -0.1) is 0 Å². The molecule has 8 heteroatoms. The highest BCUT2D eigenvalue weighted by Crippen LogP contribution is 2.73. The van der Waals surface area contributed by atoms with Crippen molar-refractivity contribution >= 4 is 22.6 Å². The molecule has 0 aromatic carbocycles. The average molecular weight is 432 g/mol. The first-order chi connectivity index (χ1) is 15.4. The van der Waals surface area contributed by atoms with Gasteiger partial charge >= 0.3 is 0 Å². The number of hydrogen-bond acceptors (Lipinski definition) is 6. The zero-order chi connectivity index (χ0) is 21.9. The molecular formula is C24H29N7O. The Morgan fingerprint density at radius 1 is 1.09 bits per heavy atom. The first-order valence-corrected chi connectivity index (χ1v) is 11.4. The van der Waals surface area contributed by atoms with Gasteiger partial charge in [0.2, 0.25) is 5.91 Å². The van der Waals surface area contributed by atoms with Crippen molar-refractivity contribution in [3.8, 4) is 11.3 Å². The summed E-state index contributed by atoms with van der Waals surface area (Å²) in [5.74, 6) is 0.698. The molecule has 4 aliphatic rings. The second-order valence-corrected chi connectivity index (χ2v) is 10.2. The first-order valence-electron chi connectivity index (χ1n) is 11.4. The summed E-state index contributed by atoms with van der Waals surface area (Å²) in [6, 6.07) is 5.85. The molecule has 3 aliphatic carbocycles. The van der Waals surface area contributed by atoms with Crippen LogP contribution in [0.3, 0.4) is 0 Å². The van der Waals surface area contributed by atoms with Crippen LogP contribution < -0.4 is 5.32 Å². The van der Waals surface area contributed by atoms with Crippen LogP contribution in [-0.2, 0) is 11.8 Å². The normalized spacial score (nSPS) is 27.7. The SMILES string of the molecule is CN1CCN(CC23CC(C(=O)Nc4cc5nc(-c6cnn(C)c6)ccc5cn4)(C2)C3)CC1. The zero-order valence-electron chi connectivity index (χ0n) is 18.7. The van der Waals surface area contributed by atoms with Crippen LogP contribution in [0.25, 0.3) is 22.2 Å². The number of anilines is 1. The molecule has 0 radical (unpaired) electrons. The molecule has 1 aliphatic heterocycles. The van der Waals surface area contributed by atoms with E-state index >= 15 is 0 Å². The number of rotatable bonds is 5. The van der Waals surface area contributed by atoms with Gasteiger partial charge in [-0.05, 0) is 43.9 Å². The maximum atomic E-state index is 13.1. The van der Waals surface area contributed by atoms with Crippen molar-refractivity contribution in [2.45, 2.75) is 19.3 Å². The van der Waals surface area contributed by atoms with Gasteiger partial charge in [0.15, 0.2) is 0 Å². The van der Waals surface area contributed by atoms with Crippen molar-refractivity contribution in [1.82, 2.24) is 29.5 Å². The van der Waals surface area contributed by atoms with Gasteiger partial charge in [-0.3, -0.25) is 9.48 Å². The number of amides is 1. The number of nitrogens with zero attached hydrogens (tertiary/aromatic N) is 6. The van der Waals surface area contributed by atoms with Gasteiger partial charge < -0.3 is 15.1 Å². The van der Waals surface area contributed by atoms with E-state index in [9.17, 15) is 4.79 Å². The van der Waals surface area contributed by atoms with Crippen molar-refractivity contribution in [3.63, 3.8) is 0 Å². The Morgan fingerprint density at radius 2 is 1.88 bits per heavy atom. The van der Waals surface area contributed by atoms with Crippen molar-refractivity contribution in [2.75, 3.05) is 45.1 Å². The molecule has 0 spiro atoms. The number of pyridine rings is 2. The molecule has 3 aromatic rings. The smallest absolute Gasteiger partial charge is 0.231 e. The van der Waals surface area contributed by atoms with E-state index in [4.69, 9.17) is 4.98 Å². The molecule has 166 valence electrons. The summed E-state index contributed by atoms with van der Waals surface area (Å²) in [6.45, 7) is 5.72. The van der Waals surface area contributed by atoms with E-state index < -0.39 is 0 Å². The lowest BCUT2D eigenvalue weighted by atomic mass is 9.34. The molecule has 0 atom stereocenters. The monoisotopic (exact) mass is 431 g/mol. The summed E-state index contributed by atoms with van der Waals surface area (Å²) in [6.07, 6.45) is 8.55. The van der Waals surface area contributed by atoms with Crippen molar-refractivity contribution in [1.29, 1.82) is 0 Å². The highest BCUT2D eigenvalue weighted by atomic mass is 16.2. The minimum absolute atomic E-state index is 0.119. The van der Waals surface area contributed by atoms with Crippen LogP contribution >= 0.6 is 0 Å². The quantitative estimate of drug-likeness (QED) is 0.668. The Balaban J connectivity index is 1.11. The molecule has 2 bridgehead atoms. The molecule has 4 heterocycles. The molecule has 7 rings (SSSR count). The van der Waals surface area contributed by atoms with Crippen LogP contribution in [-0.4, -0.2) is 75.2 Å². The Hall–Kier alpha value is -2.84. The summed E-state index contributed by atoms with van der Waals surface area (Å²) >= 11 is 0. The van der Waals surface area contributed by atoms with E-state index in [1.54, 1.807) is 17.1 Å². The van der Waals surface area contributed by atoms with E-state index in [0.29, 0.717) is 11.2 Å². The van der Waals surface area contributed by atoms with Crippen LogP contribution in [0.15, 0.2) is 36.8 Å². The third-order valence-electron chi connectivity index (χ3n) is 7.59. The fourth-order valence-corrected chi connectivity index (χ4v) is 5.93. The van der Waals surface area contributed by atoms with Crippen LogP contribution in [0.2, 0.25) is 0 Å². The van der Waals surface area contributed by atoms with Gasteiger partial charge in [0.05, 0.1) is 22.8 Å². The largest absolute Gasteiger partial charge is 0.310 e. The molecular weight excluding hydrogens is 402 g/mol. The Morgan fingerprint density at radius 3 is 2.59 bits per heavy atom. The predicted molar refractivity (Wildman–Crippen MR) is 123 cm³/mol. The summed E-state index contributed by atoms with van der Waals surface area (Å²) < 4.78 is 1.76. The molecule has 1 saturated heterocycles. The molecule has 3 saturated carbocycles. The lowest BCUT2D eigenvalue weighted by Gasteiger charge is -2.70. The summed E-state index contributed by atoms with van der Waals surface area (Å²) in [5, 5.41) is 8.25. The molecule has 32 heavy (non-hydrogen) atoms. The highest BCUT2D eigenvalue weighted by molar-refractivity contribution is 5.98. The maximum absolute atomic E-state index is 13.1. The van der Waals surface area contributed by atoms with Crippen molar-refractivity contribution in [3.05, 3.63) is 36.8 Å². The molecule has 4 fully saturated rings. The minimum atomic E-state index is -0.186. The maximum Gasteiger partial charge on any atom is 0.231 e. The fraction of sp³-hybridized carbons (Fsp3) is 0.500. The standard InChI is InChI=1S/C24H29N7O/c1-29-5-7-31(8-6-29)16-23-13-24(14-23,15-23)22(32)28-21-9-20-17(10-25-21)3-4-19(27-20)18-11-26-30(2)12-18/h3-4,9-12H,5-8,13-16H2,1-2H3,(H,25,28,32). The van der Waals surface area contributed by atoms with Gasteiger partial charge in [0, 0.05) is 69.2 Å². The third kappa shape index (κ3) is 3.29.